The fourth-order valence-electron chi connectivity index (χ4n) is 3.21. The van der Waals surface area contributed by atoms with Crippen molar-refractivity contribution in [2.24, 2.45) is 0 Å². The molecule has 4 aromatic rings. The Bertz CT molecular complexity index is 1090. The van der Waals surface area contributed by atoms with E-state index in [0.717, 1.165) is 33.1 Å². The molecule has 0 aliphatic heterocycles. The standard InChI is InChI=1S/C24H23N3O2S/c1-29-21-12-9-18(10-13-21)11-14-23(28)25-16-19-17-27(20-6-3-2-4-7-20)26-24(19)22-8-5-15-30-22/h2-10,12-13,15,17H,11,14,16H2,1H3,(H,25,28). The molecule has 1 amide bonds. The Labute approximate surface area is 179 Å². The van der Waals surface area contributed by atoms with Crippen LogP contribution in [0.15, 0.2) is 78.3 Å². The Morgan fingerprint density at radius 3 is 2.57 bits per heavy atom. The number of rotatable bonds is 8. The van der Waals surface area contributed by atoms with Crippen molar-refractivity contribution in [2.45, 2.75) is 19.4 Å². The molecule has 2 heterocycles. The quantitative estimate of drug-likeness (QED) is 0.445. The zero-order valence-electron chi connectivity index (χ0n) is 16.7. The van der Waals surface area contributed by atoms with Gasteiger partial charge >= 0.3 is 0 Å². The van der Waals surface area contributed by atoms with E-state index in [1.807, 2.05) is 76.9 Å². The third-order valence-corrected chi connectivity index (χ3v) is 5.72. The molecule has 0 radical (unpaired) electrons. The molecular weight excluding hydrogens is 394 g/mol. The van der Waals surface area contributed by atoms with Crippen molar-refractivity contribution < 1.29 is 9.53 Å². The first-order valence-electron chi connectivity index (χ1n) is 9.80. The fourth-order valence-corrected chi connectivity index (χ4v) is 3.95. The number of benzene rings is 2. The van der Waals surface area contributed by atoms with E-state index in [-0.39, 0.29) is 5.91 Å². The van der Waals surface area contributed by atoms with Crippen LogP contribution in [0.25, 0.3) is 16.3 Å². The van der Waals surface area contributed by atoms with E-state index in [1.165, 1.54) is 0 Å². The number of amides is 1. The Morgan fingerprint density at radius 2 is 1.87 bits per heavy atom. The van der Waals surface area contributed by atoms with Crippen LogP contribution in [0.4, 0.5) is 0 Å². The van der Waals surface area contributed by atoms with Gasteiger partial charge in [-0.1, -0.05) is 36.4 Å². The maximum Gasteiger partial charge on any atom is 0.220 e. The lowest BCUT2D eigenvalue weighted by molar-refractivity contribution is -0.121. The first-order valence-corrected chi connectivity index (χ1v) is 10.7. The Kier molecular flexibility index (Phi) is 6.25. The van der Waals surface area contributed by atoms with Crippen LogP contribution in [0.1, 0.15) is 17.5 Å². The lowest BCUT2D eigenvalue weighted by Gasteiger charge is -2.06. The van der Waals surface area contributed by atoms with E-state index in [9.17, 15) is 4.79 Å². The predicted molar refractivity (Wildman–Crippen MR) is 120 cm³/mol. The third kappa shape index (κ3) is 4.78. The predicted octanol–water partition coefficient (Wildman–Crippen LogP) is 4.86. The van der Waals surface area contributed by atoms with E-state index in [0.29, 0.717) is 19.4 Å². The molecule has 0 bridgehead atoms. The fraction of sp³-hybridized carbons (Fsp3) is 0.167. The van der Waals surface area contributed by atoms with Crippen LogP contribution in [0, 0.1) is 0 Å². The first kappa shape index (κ1) is 19.9. The van der Waals surface area contributed by atoms with Crippen molar-refractivity contribution in [3.8, 4) is 22.0 Å². The molecule has 0 saturated heterocycles. The number of para-hydroxylation sites is 1. The van der Waals surface area contributed by atoms with Crippen molar-refractivity contribution in [1.82, 2.24) is 15.1 Å². The van der Waals surface area contributed by atoms with Gasteiger partial charge in [-0.25, -0.2) is 4.68 Å². The van der Waals surface area contributed by atoms with Crippen LogP contribution in [0.2, 0.25) is 0 Å². The molecule has 0 aliphatic carbocycles. The summed E-state index contributed by atoms with van der Waals surface area (Å²) in [6, 6.07) is 21.9. The van der Waals surface area contributed by atoms with Crippen molar-refractivity contribution in [2.75, 3.05) is 7.11 Å². The van der Waals surface area contributed by atoms with Crippen LogP contribution in [0.3, 0.4) is 0 Å². The number of hydrogen-bond acceptors (Lipinski definition) is 4. The Balaban J connectivity index is 1.43. The van der Waals surface area contributed by atoms with Gasteiger partial charge in [0, 0.05) is 24.7 Å². The minimum absolute atomic E-state index is 0.0235. The molecule has 6 heteroatoms. The maximum absolute atomic E-state index is 12.4. The molecule has 1 N–H and O–H groups in total. The highest BCUT2D eigenvalue weighted by atomic mass is 32.1. The van der Waals surface area contributed by atoms with Gasteiger partial charge in [-0.2, -0.15) is 5.10 Å². The average Bonchev–Trinajstić information content (AvgIpc) is 3.47. The van der Waals surface area contributed by atoms with Gasteiger partial charge in [-0.3, -0.25) is 4.79 Å². The second kappa shape index (κ2) is 9.41. The smallest absolute Gasteiger partial charge is 0.220 e. The average molecular weight is 418 g/mol. The van der Waals surface area contributed by atoms with Gasteiger partial charge in [0.1, 0.15) is 11.4 Å². The number of hydrogen-bond donors (Lipinski definition) is 1. The van der Waals surface area contributed by atoms with Crippen molar-refractivity contribution >= 4 is 17.2 Å². The highest BCUT2D eigenvalue weighted by molar-refractivity contribution is 7.13. The molecule has 152 valence electrons. The van der Waals surface area contributed by atoms with Gasteiger partial charge < -0.3 is 10.1 Å². The lowest BCUT2D eigenvalue weighted by Crippen LogP contribution is -2.23. The Morgan fingerprint density at radius 1 is 1.07 bits per heavy atom. The van der Waals surface area contributed by atoms with Gasteiger partial charge in [-0.15, -0.1) is 11.3 Å². The van der Waals surface area contributed by atoms with E-state index in [2.05, 4.69) is 11.4 Å². The molecule has 30 heavy (non-hydrogen) atoms. The summed E-state index contributed by atoms with van der Waals surface area (Å²) in [5.74, 6) is 0.843. The number of aryl methyl sites for hydroxylation is 1. The highest BCUT2D eigenvalue weighted by Crippen LogP contribution is 2.27. The molecule has 0 spiro atoms. The van der Waals surface area contributed by atoms with Crippen LogP contribution in [-0.4, -0.2) is 22.8 Å². The number of carbonyl (C=O) groups excluding carboxylic acids is 1. The summed E-state index contributed by atoms with van der Waals surface area (Å²) in [6.07, 6.45) is 3.12. The number of methoxy groups -OCH3 is 1. The van der Waals surface area contributed by atoms with Crippen molar-refractivity contribution in [1.29, 1.82) is 0 Å². The summed E-state index contributed by atoms with van der Waals surface area (Å²) in [4.78, 5) is 13.5. The Hall–Kier alpha value is -3.38. The van der Waals surface area contributed by atoms with Crippen LogP contribution in [0.5, 0.6) is 5.75 Å². The minimum Gasteiger partial charge on any atom is -0.497 e. The summed E-state index contributed by atoms with van der Waals surface area (Å²) >= 11 is 1.64. The normalized spacial score (nSPS) is 10.7. The summed E-state index contributed by atoms with van der Waals surface area (Å²) in [7, 11) is 1.65. The molecule has 2 aromatic carbocycles. The minimum atomic E-state index is 0.0235. The summed E-state index contributed by atoms with van der Waals surface area (Å²) in [5.41, 5.74) is 4.01. The number of nitrogens with one attached hydrogen (secondary N) is 1. The maximum atomic E-state index is 12.4. The van der Waals surface area contributed by atoms with Gasteiger partial charge in [0.2, 0.25) is 5.91 Å². The zero-order chi connectivity index (χ0) is 20.8. The molecule has 0 unspecified atom stereocenters. The van der Waals surface area contributed by atoms with Gasteiger partial charge in [0.25, 0.3) is 0 Å². The number of thiophene rings is 1. The molecule has 2 aromatic heterocycles. The second-order valence-corrected chi connectivity index (χ2v) is 7.83. The van der Waals surface area contributed by atoms with Crippen LogP contribution in [-0.2, 0) is 17.8 Å². The molecule has 5 nitrogen and oxygen atoms in total. The number of carbonyl (C=O) groups is 1. The monoisotopic (exact) mass is 417 g/mol. The summed E-state index contributed by atoms with van der Waals surface area (Å²) < 4.78 is 7.04. The number of aromatic nitrogens is 2. The van der Waals surface area contributed by atoms with Gasteiger partial charge in [0.15, 0.2) is 0 Å². The largest absolute Gasteiger partial charge is 0.497 e. The highest BCUT2D eigenvalue weighted by Gasteiger charge is 2.14. The van der Waals surface area contributed by atoms with E-state index < -0.39 is 0 Å². The molecule has 0 fully saturated rings. The molecule has 0 saturated carbocycles. The number of ether oxygens (including phenoxy) is 1. The first-order chi connectivity index (χ1) is 14.7. The molecule has 0 atom stereocenters. The third-order valence-electron chi connectivity index (χ3n) is 4.84. The van der Waals surface area contributed by atoms with E-state index >= 15 is 0 Å². The van der Waals surface area contributed by atoms with Gasteiger partial charge in [-0.05, 0) is 47.7 Å². The van der Waals surface area contributed by atoms with Crippen molar-refractivity contribution in [3.63, 3.8) is 0 Å². The zero-order valence-corrected chi connectivity index (χ0v) is 17.6. The van der Waals surface area contributed by atoms with E-state index in [4.69, 9.17) is 9.84 Å². The van der Waals surface area contributed by atoms with E-state index in [1.54, 1.807) is 18.4 Å². The topological polar surface area (TPSA) is 56.1 Å². The van der Waals surface area contributed by atoms with Gasteiger partial charge in [0.05, 0.1) is 17.7 Å². The molecule has 4 rings (SSSR count). The summed E-state index contributed by atoms with van der Waals surface area (Å²) in [6.45, 7) is 0.446. The molecule has 0 aliphatic rings. The SMILES string of the molecule is COc1ccc(CCC(=O)NCc2cn(-c3ccccc3)nc2-c2cccs2)cc1. The van der Waals surface area contributed by atoms with Crippen LogP contribution >= 0.6 is 11.3 Å². The molecular formula is C24H23N3O2S. The van der Waals surface area contributed by atoms with Crippen LogP contribution < -0.4 is 10.1 Å². The second-order valence-electron chi connectivity index (χ2n) is 6.89. The van der Waals surface area contributed by atoms with Crippen molar-refractivity contribution in [3.05, 3.63) is 89.4 Å². The summed E-state index contributed by atoms with van der Waals surface area (Å²) in [5, 5.41) is 9.86. The number of nitrogens with zero attached hydrogens (tertiary/aromatic N) is 2. The lowest BCUT2D eigenvalue weighted by atomic mass is 10.1.